The molecule has 6 atom stereocenters. The number of allylic oxidation sites excluding steroid dienone is 2. The SMILES string of the molecule is Cc1ccc(C(=O)CN(C(=O)c2ccc(Cl)cc2)N2C(=O)[C@@H]3[C@H]4C=C[C@@H]([C@@H]5C[C@@H]45)[C@@H]3C2=O)cc1C. The zero-order valence-electron chi connectivity index (χ0n) is 19.5. The van der Waals surface area contributed by atoms with E-state index in [9.17, 15) is 19.2 Å². The molecule has 0 unspecified atom stereocenters. The molecule has 5 aliphatic rings. The number of aryl methyl sites for hydroxylation is 2. The van der Waals surface area contributed by atoms with E-state index in [0.717, 1.165) is 27.6 Å². The Balaban J connectivity index is 1.36. The van der Waals surface area contributed by atoms with Crippen LogP contribution in [0.25, 0.3) is 0 Å². The summed E-state index contributed by atoms with van der Waals surface area (Å²) in [6.45, 7) is 3.46. The second-order valence-corrected chi connectivity index (χ2v) is 10.7. The molecule has 2 bridgehead atoms. The van der Waals surface area contributed by atoms with Crippen LogP contribution in [0.3, 0.4) is 0 Å². The summed E-state index contributed by atoms with van der Waals surface area (Å²) in [4.78, 5) is 54.4. The van der Waals surface area contributed by atoms with Crippen LogP contribution in [0, 0.1) is 49.4 Å². The van der Waals surface area contributed by atoms with Gasteiger partial charge in [-0.25, -0.2) is 5.01 Å². The average Bonchev–Trinajstić information content (AvgIpc) is 3.63. The molecule has 4 aliphatic carbocycles. The van der Waals surface area contributed by atoms with Gasteiger partial charge in [-0.15, -0.1) is 0 Å². The first-order valence-corrected chi connectivity index (χ1v) is 12.4. The number of carbonyl (C=O) groups is 4. The maximum atomic E-state index is 13.7. The number of hydrogen-bond donors (Lipinski definition) is 0. The second kappa shape index (κ2) is 7.89. The molecule has 6 nitrogen and oxygen atoms in total. The Morgan fingerprint density at radius 1 is 0.886 bits per heavy atom. The van der Waals surface area contributed by atoms with Gasteiger partial charge >= 0.3 is 0 Å². The summed E-state index contributed by atoms with van der Waals surface area (Å²) in [5, 5.41) is 2.48. The van der Waals surface area contributed by atoms with E-state index in [0.29, 0.717) is 22.4 Å². The van der Waals surface area contributed by atoms with Gasteiger partial charge in [0.25, 0.3) is 17.7 Å². The smallest absolute Gasteiger partial charge is 0.273 e. The topological polar surface area (TPSA) is 74.8 Å². The fourth-order valence-electron chi connectivity index (χ4n) is 6.30. The molecule has 35 heavy (non-hydrogen) atoms. The van der Waals surface area contributed by atoms with Crippen LogP contribution in [0.5, 0.6) is 0 Å². The molecular weight excluding hydrogens is 464 g/mol. The van der Waals surface area contributed by atoms with Crippen LogP contribution in [0.2, 0.25) is 5.02 Å². The minimum Gasteiger partial charge on any atom is -0.292 e. The molecule has 2 aromatic carbocycles. The Morgan fingerprint density at radius 3 is 2.03 bits per heavy atom. The lowest BCUT2D eigenvalue weighted by molar-refractivity contribution is -0.154. The molecule has 1 aliphatic heterocycles. The molecule has 0 spiro atoms. The lowest BCUT2D eigenvalue weighted by Crippen LogP contribution is -2.52. The minimum absolute atomic E-state index is 0.0272. The summed E-state index contributed by atoms with van der Waals surface area (Å²) in [6, 6.07) is 11.6. The van der Waals surface area contributed by atoms with Gasteiger partial charge in [-0.1, -0.05) is 35.9 Å². The maximum absolute atomic E-state index is 13.7. The lowest BCUT2D eigenvalue weighted by atomic mass is 9.63. The van der Waals surface area contributed by atoms with Gasteiger partial charge < -0.3 is 0 Å². The molecule has 1 heterocycles. The number of rotatable bonds is 5. The van der Waals surface area contributed by atoms with Crippen molar-refractivity contribution in [2.45, 2.75) is 20.3 Å². The van der Waals surface area contributed by atoms with Crippen molar-refractivity contribution >= 4 is 35.1 Å². The molecule has 0 N–H and O–H groups in total. The Morgan fingerprint density at radius 2 is 1.46 bits per heavy atom. The normalized spacial score (nSPS) is 29.7. The molecule has 2 aromatic rings. The molecule has 7 heteroatoms. The molecule has 0 aromatic heterocycles. The number of carbonyl (C=O) groups excluding carboxylic acids is 4. The highest BCUT2D eigenvalue weighted by atomic mass is 35.5. The van der Waals surface area contributed by atoms with Crippen molar-refractivity contribution in [3.63, 3.8) is 0 Å². The number of hydrazine groups is 1. The maximum Gasteiger partial charge on any atom is 0.273 e. The Hall–Kier alpha value is -3.25. The highest BCUT2D eigenvalue weighted by Gasteiger charge is 2.68. The van der Waals surface area contributed by atoms with Crippen molar-refractivity contribution in [2.75, 3.05) is 6.54 Å². The second-order valence-electron chi connectivity index (χ2n) is 10.2. The van der Waals surface area contributed by atoms with Crippen LogP contribution < -0.4 is 0 Å². The van der Waals surface area contributed by atoms with Crippen molar-refractivity contribution in [3.8, 4) is 0 Å². The van der Waals surface area contributed by atoms with Gasteiger partial charge in [-0.05, 0) is 85.4 Å². The number of benzene rings is 2. The van der Waals surface area contributed by atoms with Crippen LogP contribution in [-0.2, 0) is 9.59 Å². The van der Waals surface area contributed by atoms with Crippen molar-refractivity contribution in [3.05, 3.63) is 81.9 Å². The van der Waals surface area contributed by atoms with E-state index in [1.54, 1.807) is 24.3 Å². The fraction of sp³-hybridized carbons (Fsp3) is 0.357. The molecule has 2 saturated carbocycles. The molecule has 3 amide bonds. The largest absolute Gasteiger partial charge is 0.292 e. The number of amides is 3. The molecule has 178 valence electrons. The van der Waals surface area contributed by atoms with Crippen molar-refractivity contribution in [2.24, 2.45) is 35.5 Å². The number of imide groups is 1. The number of halogens is 1. The van der Waals surface area contributed by atoms with Gasteiger partial charge in [0.2, 0.25) is 0 Å². The van der Waals surface area contributed by atoms with E-state index in [4.69, 9.17) is 11.6 Å². The van der Waals surface area contributed by atoms with E-state index in [1.165, 1.54) is 12.1 Å². The van der Waals surface area contributed by atoms with Crippen molar-refractivity contribution in [1.29, 1.82) is 0 Å². The third-order valence-corrected chi connectivity index (χ3v) is 8.58. The summed E-state index contributed by atoms with van der Waals surface area (Å²) in [5.41, 5.74) is 2.68. The van der Waals surface area contributed by atoms with Crippen LogP contribution in [0.1, 0.15) is 38.3 Å². The monoisotopic (exact) mass is 488 g/mol. The standard InChI is InChI=1S/C28H25ClN2O4/c1-14-3-4-17(11-15(14)2)23(32)13-30(26(33)16-5-7-18(29)8-6-16)31-27(34)24-19-9-10-20(22-12-21(19)22)25(24)28(31)35/h3-11,19-22,24-25H,12-13H2,1-2H3/t19-,20-,21-,22-,24-,25+/m0/s1. The highest BCUT2D eigenvalue weighted by molar-refractivity contribution is 6.30. The predicted octanol–water partition coefficient (Wildman–Crippen LogP) is 4.25. The third-order valence-electron chi connectivity index (χ3n) is 8.33. The van der Waals surface area contributed by atoms with E-state index >= 15 is 0 Å². The van der Waals surface area contributed by atoms with Crippen LogP contribution in [0.15, 0.2) is 54.6 Å². The fourth-order valence-corrected chi connectivity index (χ4v) is 6.42. The summed E-state index contributed by atoms with van der Waals surface area (Å²) >= 11 is 6.00. The first-order chi connectivity index (χ1) is 16.8. The average molecular weight is 489 g/mol. The van der Waals surface area contributed by atoms with Gasteiger partial charge in [-0.2, -0.15) is 5.01 Å². The summed E-state index contributed by atoms with van der Waals surface area (Å²) in [6.07, 6.45) is 5.22. The van der Waals surface area contributed by atoms with Crippen LogP contribution >= 0.6 is 11.6 Å². The van der Waals surface area contributed by atoms with E-state index < -0.39 is 24.3 Å². The molecule has 3 fully saturated rings. The Kier molecular flexibility index (Phi) is 5.01. The Labute approximate surface area is 208 Å². The van der Waals surface area contributed by atoms with Gasteiger partial charge in [0.15, 0.2) is 5.78 Å². The van der Waals surface area contributed by atoms with E-state index in [2.05, 4.69) is 12.2 Å². The quantitative estimate of drug-likeness (QED) is 0.358. The first kappa shape index (κ1) is 22.2. The Bertz CT molecular complexity index is 1280. The predicted molar refractivity (Wildman–Crippen MR) is 129 cm³/mol. The van der Waals surface area contributed by atoms with Gasteiger partial charge in [0, 0.05) is 16.1 Å². The zero-order chi connectivity index (χ0) is 24.6. The van der Waals surface area contributed by atoms with Gasteiger partial charge in [0.05, 0.1) is 11.8 Å². The molecule has 7 rings (SSSR count). The zero-order valence-corrected chi connectivity index (χ0v) is 20.2. The first-order valence-electron chi connectivity index (χ1n) is 12.0. The van der Waals surface area contributed by atoms with Crippen molar-refractivity contribution in [1.82, 2.24) is 10.0 Å². The number of Topliss-reactive ketones (excluding diaryl/α,β-unsaturated/α-hetero) is 1. The highest BCUT2D eigenvalue weighted by Crippen LogP contribution is 2.65. The number of ketones is 1. The lowest BCUT2D eigenvalue weighted by Gasteiger charge is -2.37. The summed E-state index contributed by atoms with van der Waals surface area (Å²) in [7, 11) is 0. The van der Waals surface area contributed by atoms with Gasteiger partial charge in [0.1, 0.15) is 6.54 Å². The van der Waals surface area contributed by atoms with E-state index in [1.807, 2.05) is 19.9 Å². The molecular formula is C28H25ClN2O4. The van der Waals surface area contributed by atoms with Crippen LogP contribution in [0.4, 0.5) is 0 Å². The van der Waals surface area contributed by atoms with Crippen molar-refractivity contribution < 1.29 is 19.2 Å². The molecule has 0 radical (unpaired) electrons. The van der Waals surface area contributed by atoms with Gasteiger partial charge in [-0.3, -0.25) is 19.2 Å². The minimum atomic E-state index is -0.579. The van der Waals surface area contributed by atoms with Crippen LogP contribution in [-0.4, -0.2) is 40.1 Å². The number of nitrogens with zero attached hydrogens (tertiary/aromatic N) is 2. The third kappa shape index (κ3) is 3.38. The van der Waals surface area contributed by atoms with E-state index in [-0.39, 0.29) is 35.0 Å². The number of hydrogen-bond acceptors (Lipinski definition) is 4. The summed E-state index contributed by atoms with van der Waals surface area (Å²) < 4.78 is 0. The molecule has 1 saturated heterocycles. The summed E-state index contributed by atoms with van der Waals surface area (Å²) in [5.74, 6) is -1.64.